The van der Waals surface area contributed by atoms with Gasteiger partial charge in [0, 0.05) is 6.26 Å². The first-order chi connectivity index (χ1) is 4.83. The van der Waals surface area contributed by atoms with E-state index < -0.39 is 21.8 Å². The van der Waals surface area contributed by atoms with Gasteiger partial charge in [-0.15, -0.1) is 12.4 Å². The molecule has 1 unspecified atom stereocenters. The Kier molecular flexibility index (Phi) is 6.32. The number of nitrogens with two attached hydrogens (primary N) is 1. The Balaban J connectivity index is 0. The topological polar surface area (TPSA) is 97.5 Å². The van der Waals surface area contributed by atoms with E-state index in [0.29, 0.717) is 0 Å². The van der Waals surface area contributed by atoms with Crippen LogP contribution in [0.25, 0.3) is 0 Å². The summed E-state index contributed by atoms with van der Waals surface area (Å²) in [6.07, 6.45) is 1.01. The number of aliphatic carboxylic acids is 1. The molecule has 0 aromatic rings. The Morgan fingerprint density at radius 3 is 2.25 bits per heavy atom. The zero-order valence-electron chi connectivity index (χ0n) is 6.56. The number of hydrogen-bond donors (Lipinski definition) is 2. The predicted octanol–water partition coefficient (Wildman–Crippen LogP) is -0.745. The van der Waals surface area contributed by atoms with E-state index in [-0.39, 0.29) is 24.6 Å². The number of hydrogen-bond acceptors (Lipinski definition) is 4. The van der Waals surface area contributed by atoms with Crippen molar-refractivity contribution in [2.24, 2.45) is 5.73 Å². The van der Waals surface area contributed by atoms with Gasteiger partial charge in [0.25, 0.3) is 0 Å². The van der Waals surface area contributed by atoms with Crippen LogP contribution in [-0.2, 0) is 14.6 Å². The maximum atomic E-state index is 10.5. The first kappa shape index (κ1) is 14.2. The summed E-state index contributed by atoms with van der Waals surface area (Å²) < 4.78 is 21.0. The van der Waals surface area contributed by atoms with Gasteiger partial charge in [-0.25, -0.2) is 8.42 Å². The Hall–Kier alpha value is -0.330. The fourth-order valence-electron chi connectivity index (χ4n) is 0.465. The molecule has 3 N–H and O–H groups in total. The lowest BCUT2D eigenvalue weighted by atomic mass is 10.2. The molecule has 0 radical (unpaired) electrons. The normalized spacial score (nSPS) is 13.2. The molecule has 0 amide bonds. The molecule has 5 nitrogen and oxygen atoms in total. The molecule has 0 spiro atoms. The van der Waals surface area contributed by atoms with Gasteiger partial charge in [0.15, 0.2) is 0 Å². The molecule has 0 saturated carbocycles. The molecule has 0 bridgehead atoms. The van der Waals surface area contributed by atoms with Gasteiger partial charge in [0.1, 0.15) is 15.9 Å². The lowest BCUT2D eigenvalue weighted by Crippen LogP contribution is -2.32. The van der Waals surface area contributed by atoms with E-state index in [1.54, 1.807) is 0 Å². The minimum Gasteiger partial charge on any atom is -0.480 e. The Morgan fingerprint density at radius 2 is 2.00 bits per heavy atom. The van der Waals surface area contributed by atoms with Gasteiger partial charge in [-0.1, -0.05) is 0 Å². The van der Waals surface area contributed by atoms with Gasteiger partial charge in [-0.05, 0) is 6.42 Å². The Labute approximate surface area is 77.3 Å². The second-order valence-electron chi connectivity index (χ2n) is 2.36. The second-order valence-corrected chi connectivity index (χ2v) is 4.62. The van der Waals surface area contributed by atoms with Crippen LogP contribution in [0.2, 0.25) is 0 Å². The van der Waals surface area contributed by atoms with Crippen molar-refractivity contribution in [1.29, 1.82) is 0 Å². The summed E-state index contributed by atoms with van der Waals surface area (Å²) in [6, 6.07) is -1.08. The average molecular weight is 218 g/mol. The zero-order valence-corrected chi connectivity index (χ0v) is 8.19. The summed E-state index contributed by atoms with van der Waals surface area (Å²) in [7, 11) is -3.10. The van der Waals surface area contributed by atoms with Gasteiger partial charge in [0.05, 0.1) is 5.75 Å². The molecule has 0 rings (SSSR count). The molecule has 0 aliphatic carbocycles. The third-order valence-corrected chi connectivity index (χ3v) is 2.09. The van der Waals surface area contributed by atoms with E-state index in [4.69, 9.17) is 10.8 Å². The lowest BCUT2D eigenvalue weighted by Gasteiger charge is -2.03. The van der Waals surface area contributed by atoms with E-state index in [1.165, 1.54) is 0 Å². The van der Waals surface area contributed by atoms with Crippen LogP contribution in [-0.4, -0.2) is 37.5 Å². The average Bonchev–Trinajstić information content (AvgIpc) is 1.80. The van der Waals surface area contributed by atoms with Crippen LogP contribution in [0.4, 0.5) is 0 Å². The minimum atomic E-state index is -3.10. The summed E-state index contributed by atoms with van der Waals surface area (Å²) in [5.41, 5.74) is 5.06. The van der Waals surface area contributed by atoms with Crippen molar-refractivity contribution in [3.8, 4) is 0 Å². The van der Waals surface area contributed by atoms with Gasteiger partial charge < -0.3 is 10.8 Å². The number of halogens is 1. The first-order valence-corrected chi connectivity index (χ1v) is 5.05. The van der Waals surface area contributed by atoms with Crippen LogP contribution < -0.4 is 5.73 Å². The molecule has 0 saturated heterocycles. The second kappa shape index (κ2) is 5.34. The van der Waals surface area contributed by atoms with Crippen LogP contribution in [0.15, 0.2) is 0 Å². The summed E-state index contributed by atoms with van der Waals surface area (Å²) in [4.78, 5) is 10.1. The largest absolute Gasteiger partial charge is 0.480 e. The Bertz CT molecular complexity index is 238. The molecule has 0 aliphatic heterocycles. The maximum absolute atomic E-state index is 10.5. The fraction of sp³-hybridized carbons (Fsp3) is 0.800. The van der Waals surface area contributed by atoms with Crippen LogP contribution in [0, 0.1) is 0 Å². The quantitative estimate of drug-likeness (QED) is 0.646. The fourth-order valence-corrected chi connectivity index (χ4v) is 1.15. The third-order valence-electron chi connectivity index (χ3n) is 1.12. The summed E-state index contributed by atoms with van der Waals surface area (Å²) >= 11 is 0. The molecule has 0 fully saturated rings. The van der Waals surface area contributed by atoms with Crippen LogP contribution in [0.5, 0.6) is 0 Å². The highest BCUT2D eigenvalue weighted by Crippen LogP contribution is 1.93. The van der Waals surface area contributed by atoms with Crippen molar-refractivity contribution in [1.82, 2.24) is 0 Å². The number of carbonyl (C=O) groups is 1. The monoisotopic (exact) mass is 217 g/mol. The zero-order chi connectivity index (χ0) is 9.07. The molecule has 12 heavy (non-hydrogen) atoms. The highest BCUT2D eigenvalue weighted by Gasteiger charge is 2.13. The molecule has 74 valence electrons. The molecule has 1 atom stereocenters. The van der Waals surface area contributed by atoms with Crippen molar-refractivity contribution in [2.75, 3.05) is 12.0 Å². The first-order valence-electron chi connectivity index (χ1n) is 2.99. The number of carboxylic acids is 1. The standard InChI is InChI=1S/C5H11NO4S.ClH/c1-11(9,10)3-2-4(6)5(7)8;/h4H,2-3,6H2,1H3,(H,7,8);1H. The molecular formula is C5H12ClNO4S. The highest BCUT2D eigenvalue weighted by molar-refractivity contribution is 7.90. The molecular weight excluding hydrogens is 206 g/mol. The maximum Gasteiger partial charge on any atom is 0.320 e. The number of rotatable bonds is 4. The summed E-state index contributed by atoms with van der Waals surface area (Å²) in [5.74, 6) is -1.35. The summed E-state index contributed by atoms with van der Waals surface area (Å²) in [6.45, 7) is 0. The summed E-state index contributed by atoms with van der Waals surface area (Å²) in [5, 5.41) is 8.26. The smallest absolute Gasteiger partial charge is 0.320 e. The molecule has 0 heterocycles. The highest BCUT2D eigenvalue weighted by atomic mass is 35.5. The Morgan fingerprint density at radius 1 is 1.58 bits per heavy atom. The van der Waals surface area contributed by atoms with E-state index in [0.717, 1.165) is 6.26 Å². The van der Waals surface area contributed by atoms with Crippen LogP contribution >= 0.6 is 12.4 Å². The van der Waals surface area contributed by atoms with Crippen molar-refractivity contribution in [2.45, 2.75) is 12.5 Å². The molecule has 7 heteroatoms. The van der Waals surface area contributed by atoms with Gasteiger partial charge in [-0.2, -0.15) is 0 Å². The van der Waals surface area contributed by atoms with Crippen molar-refractivity contribution < 1.29 is 18.3 Å². The van der Waals surface area contributed by atoms with Gasteiger partial charge in [-0.3, -0.25) is 4.79 Å². The third kappa shape index (κ3) is 7.77. The molecule has 0 aliphatic rings. The van der Waals surface area contributed by atoms with Crippen molar-refractivity contribution in [3.05, 3.63) is 0 Å². The van der Waals surface area contributed by atoms with E-state index >= 15 is 0 Å². The van der Waals surface area contributed by atoms with Gasteiger partial charge in [0.2, 0.25) is 0 Å². The van der Waals surface area contributed by atoms with Crippen molar-refractivity contribution in [3.63, 3.8) is 0 Å². The van der Waals surface area contributed by atoms with Crippen LogP contribution in [0.1, 0.15) is 6.42 Å². The molecule has 0 aromatic heterocycles. The molecule has 0 aromatic carbocycles. The lowest BCUT2D eigenvalue weighted by molar-refractivity contribution is -0.138. The van der Waals surface area contributed by atoms with Gasteiger partial charge >= 0.3 is 5.97 Å². The van der Waals surface area contributed by atoms with E-state index in [1.807, 2.05) is 0 Å². The number of sulfone groups is 1. The van der Waals surface area contributed by atoms with Crippen LogP contribution in [0.3, 0.4) is 0 Å². The SMILES string of the molecule is CS(=O)(=O)CCC(N)C(=O)O.Cl. The van der Waals surface area contributed by atoms with E-state index in [9.17, 15) is 13.2 Å². The minimum absolute atomic E-state index is 0. The van der Waals surface area contributed by atoms with Crippen molar-refractivity contribution >= 4 is 28.2 Å². The number of carboxylic acid groups (broad SMARTS) is 1. The predicted molar refractivity (Wildman–Crippen MR) is 47.2 cm³/mol. The van der Waals surface area contributed by atoms with E-state index in [2.05, 4.69) is 0 Å².